The Kier molecular flexibility index (Phi) is 3.39. The maximum atomic E-state index is 12.6. The predicted octanol–water partition coefficient (Wildman–Crippen LogP) is 4.10. The first-order valence-corrected chi connectivity index (χ1v) is 8.39. The van der Waals surface area contributed by atoms with Crippen LogP contribution < -0.4 is 5.32 Å². The minimum Gasteiger partial charge on any atom is -0.347 e. The topological polar surface area (TPSA) is 42.0 Å². The van der Waals surface area contributed by atoms with E-state index in [1.54, 1.807) is 11.3 Å². The largest absolute Gasteiger partial charge is 0.347 e. The number of nitrogens with one attached hydrogen (secondary N) is 1. The molecule has 4 heteroatoms. The van der Waals surface area contributed by atoms with E-state index in [2.05, 4.69) is 5.32 Å². The second kappa shape index (κ2) is 5.54. The molecule has 1 saturated carbocycles. The number of hydrogen-bond donors (Lipinski definition) is 1. The highest BCUT2D eigenvalue weighted by Crippen LogP contribution is 2.40. The minimum absolute atomic E-state index is 0.0195. The van der Waals surface area contributed by atoms with Gasteiger partial charge in [-0.25, -0.2) is 0 Å². The van der Waals surface area contributed by atoms with Gasteiger partial charge in [0.15, 0.2) is 0 Å². The molecule has 1 aliphatic carbocycles. The van der Waals surface area contributed by atoms with Crippen LogP contribution in [-0.2, 0) is 6.54 Å². The first-order valence-electron chi connectivity index (χ1n) is 7.51. The molecular formula is C18H16N2OS. The fourth-order valence-corrected chi connectivity index (χ4v) is 3.29. The average molecular weight is 308 g/mol. The van der Waals surface area contributed by atoms with Gasteiger partial charge in [0.05, 0.1) is 17.6 Å². The minimum atomic E-state index is -0.0195. The highest BCUT2D eigenvalue weighted by atomic mass is 32.1. The molecule has 2 heterocycles. The standard InChI is InChI=1S/C18H16N2OS/c21-18(19-11-13-4-3-9-22-13)15-10-17(12-7-8-12)20-16-6-2-1-5-14(15)16/h1-6,9-10,12H,7-8,11H2,(H,19,21). The zero-order chi connectivity index (χ0) is 14.9. The van der Waals surface area contributed by atoms with Gasteiger partial charge < -0.3 is 5.32 Å². The highest BCUT2D eigenvalue weighted by molar-refractivity contribution is 7.09. The van der Waals surface area contributed by atoms with Crippen LogP contribution in [0, 0.1) is 0 Å². The molecule has 0 saturated heterocycles. The van der Waals surface area contributed by atoms with Crippen LogP contribution in [0.15, 0.2) is 47.8 Å². The molecule has 1 aromatic carbocycles. The molecule has 1 aliphatic rings. The van der Waals surface area contributed by atoms with Crippen LogP contribution in [0.5, 0.6) is 0 Å². The number of hydrogen-bond acceptors (Lipinski definition) is 3. The van der Waals surface area contributed by atoms with E-state index in [1.807, 2.05) is 47.8 Å². The molecule has 0 aliphatic heterocycles. The first-order chi connectivity index (χ1) is 10.8. The van der Waals surface area contributed by atoms with Crippen LogP contribution in [0.1, 0.15) is 39.7 Å². The number of thiophene rings is 1. The van der Waals surface area contributed by atoms with Gasteiger partial charge in [-0.15, -0.1) is 11.3 Å². The van der Waals surface area contributed by atoms with E-state index in [4.69, 9.17) is 4.98 Å². The summed E-state index contributed by atoms with van der Waals surface area (Å²) < 4.78 is 0. The number of para-hydroxylation sites is 1. The van der Waals surface area contributed by atoms with Gasteiger partial charge in [0.1, 0.15) is 0 Å². The maximum Gasteiger partial charge on any atom is 0.252 e. The molecule has 0 unspecified atom stereocenters. The van der Waals surface area contributed by atoms with Gasteiger partial charge in [-0.05, 0) is 36.4 Å². The maximum absolute atomic E-state index is 12.6. The number of rotatable bonds is 4. The highest BCUT2D eigenvalue weighted by Gasteiger charge is 2.26. The summed E-state index contributed by atoms with van der Waals surface area (Å²) in [6.45, 7) is 0.575. The summed E-state index contributed by atoms with van der Waals surface area (Å²) in [6, 6.07) is 13.9. The van der Waals surface area contributed by atoms with Crippen LogP contribution in [-0.4, -0.2) is 10.9 Å². The van der Waals surface area contributed by atoms with Gasteiger partial charge in [-0.1, -0.05) is 24.3 Å². The average Bonchev–Trinajstić information content (AvgIpc) is 3.28. The molecule has 110 valence electrons. The van der Waals surface area contributed by atoms with Crippen LogP contribution in [0.2, 0.25) is 0 Å². The third kappa shape index (κ3) is 2.62. The van der Waals surface area contributed by atoms with Crippen LogP contribution in [0.25, 0.3) is 10.9 Å². The zero-order valence-corrected chi connectivity index (χ0v) is 12.9. The van der Waals surface area contributed by atoms with E-state index in [0.29, 0.717) is 12.5 Å². The van der Waals surface area contributed by atoms with Crippen molar-refractivity contribution in [2.75, 3.05) is 0 Å². The molecular weight excluding hydrogens is 292 g/mol. The second-order valence-corrected chi connectivity index (χ2v) is 6.68. The molecule has 1 amide bonds. The summed E-state index contributed by atoms with van der Waals surface area (Å²) in [6.07, 6.45) is 2.36. The van der Waals surface area contributed by atoms with E-state index in [0.717, 1.165) is 27.0 Å². The van der Waals surface area contributed by atoms with Gasteiger partial charge in [0.2, 0.25) is 0 Å². The first kappa shape index (κ1) is 13.5. The number of amides is 1. The number of pyridine rings is 1. The lowest BCUT2D eigenvalue weighted by atomic mass is 10.1. The van der Waals surface area contributed by atoms with E-state index in [1.165, 1.54) is 12.8 Å². The Labute approximate surface area is 133 Å². The molecule has 22 heavy (non-hydrogen) atoms. The van der Waals surface area contributed by atoms with Crippen molar-refractivity contribution in [1.29, 1.82) is 0 Å². The molecule has 1 fully saturated rings. The van der Waals surface area contributed by atoms with E-state index in [9.17, 15) is 4.79 Å². The van der Waals surface area contributed by atoms with Crippen molar-refractivity contribution in [2.24, 2.45) is 0 Å². The number of aromatic nitrogens is 1. The predicted molar refractivity (Wildman–Crippen MR) is 89.2 cm³/mol. The smallest absolute Gasteiger partial charge is 0.252 e. The summed E-state index contributed by atoms with van der Waals surface area (Å²) in [7, 11) is 0. The number of carbonyl (C=O) groups excluding carboxylic acids is 1. The van der Waals surface area contributed by atoms with Crippen molar-refractivity contribution in [3.8, 4) is 0 Å². The SMILES string of the molecule is O=C(NCc1cccs1)c1cc(C2CC2)nc2ccccc12. The van der Waals surface area contributed by atoms with Crippen molar-refractivity contribution in [3.63, 3.8) is 0 Å². The summed E-state index contributed by atoms with van der Waals surface area (Å²) in [5.74, 6) is 0.516. The molecule has 3 nitrogen and oxygen atoms in total. The number of nitrogens with zero attached hydrogens (tertiary/aromatic N) is 1. The van der Waals surface area contributed by atoms with Gasteiger partial charge >= 0.3 is 0 Å². The summed E-state index contributed by atoms with van der Waals surface area (Å²) in [4.78, 5) is 18.5. The van der Waals surface area contributed by atoms with Crippen LogP contribution >= 0.6 is 11.3 Å². The zero-order valence-electron chi connectivity index (χ0n) is 12.1. The van der Waals surface area contributed by atoms with Crippen molar-refractivity contribution in [3.05, 3.63) is 64.0 Å². The molecule has 0 bridgehead atoms. The van der Waals surface area contributed by atoms with Crippen molar-refractivity contribution in [1.82, 2.24) is 10.3 Å². The summed E-state index contributed by atoms with van der Waals surface area (Å²) >= 11 is 1.65. The molecule has 4 rings (SSSR count). The van der Waals surface area contributed by atoms with Gasteiger partial charge in [0.25, 0.3) is 5.91 Å². The van der Waals surface area contributed by atoms with Crippen LogP contribution in [0.3, 0.4) is 0 Å². The molecule has 0 radical (unpaired) electrons. The van der Waals surface area contributed by atoms with E-state index in [-0.39, 0.29) is 5.91 Å². The Balaban J connectivity index is 1.68. The van der Waals surface area contributed by atoms with Crippen molar-refractivity contribution >= 4 is 28.1 Å². The Bertz CT molecular complexity index is 822. The summed E-state index contributed by atoms with van der Waals surface area (Å²) in [5, 5.41) is 5.97. The van der Waals surface area contributed by atoms with E-state index >= 15 is 0 Å². The molecule has 0 atom stereocenters. The third-order valence-electron chi connectivity index (χ3n) is 3.98. The molecule has 1 N–H and O–H groups in total. The Morgan fingerprint density at radius 1 is 1.23 bits per heavy atom. The lowest BCUT2D eigenvalue weighted by Gasteiger charge is -2.09. The monoisotopic (exact) mass is 308 g/mol. The fourth-order valence-electron chi connectivity index (χ4n) is 2.65. The number of carbonyl (C=O) groups is 1. The number of benzene rings is 1. The number of fused-ring (bicyclic) bond motifs is 1. The quantitative estimate of drug-likeness (QED) is 0.788. The molecule has 3 aromatic rings. The van der Waals surface area contributed by atoms with Gasteiger partial charge in [-0.2, -0.15) is 0 Å². The lowest BCUT2D eigenvalue weighted by Crippen LogP contribution is -2.23. The Morgan fingerprint density at radius 3 is 2.86 bits per heavy atom. The van der Waals surface area contributed by atoms with Gasteiger partial charge in [-0.3, -0.25) is 9.78 Å². The van der Waals surface area contributed by atoms with Crippen LogP contribution in [0.4, 0.5) is 0 Å². The Hall–Kier alpha value is -2.20. The van der Waals surface area contributed by atoms with Gasteiger partial charge in [0, 0.05) is 21.9 Å². The third-order valence-corrected chi connectivity index (χ3v) is 4.86. The molecule has 2 aromatic heterocycles. The van der Waals surface area contributed by atoms with E-state index < -0.39 is 0 Å². The fraction of sp³-hybridized carbons (Fsp3) is 0.222. The second-order valence-electron chi connectivity index (χ2n) is 5.65. The van der Waals surface area contributed by atoms with Crippen molar-refractivity contribution in [2.45, 2.75) is 25.3 Å². The molecule has 0 spiro atoms. The Morgan fingerprint density at radius 2 is 2.09 bits per heavy atom. The summed E-state index contributed by atoms with van der Waals surface area (Å²) in [5.41, 5.74) is 2.71. The lowest BCUT2D eigenvalue weighted by molar-refractivity contribution is 0.0953. The normalized spacial score (nSPS) is 14.2. The van der Waals surface area contributed by atoms with Crippen molar-refractivity contribution < 1.29 is 4.79 Å².